The number of fused-ring (bicyclic) bond motifs is 1. The van der Waals surface area contributed by atoms with Crippen LogP contribution in [0.3, 0.4) is 0 Å². The Morgan fingerprint density at radius 2 is 2.35 bits per heavy atom. The number of nitrogens with zero attached hydrogens (tertiary/aromatic N) is 1. The van der Waals surface area contributed by atoms with Gasteiger partial charge >= 0.3 is 5.97 Å². The molecule has 0 amide bonds. The molecule has 5 nitrogen and oxygen atoms in total. The van der Waals surface area contributed by atoms with Crippen LogP contribution < -0.4 is 4.74 Å². The van der Waals surface area contributed by atoms with E-state index in [1.165, 1.54) is 11.1 Å². The van der Waals surface area contributed by atoms with Gasteiger partial charge in [-0.15, -0.1) is 0 Å². The van der Waals surface area contributed by atoms with Gasteiger partial charge in [0.2, 0.25) is 0 Å². The molecule has 2 unspecified atom stereocenters. The minimum absolute atomic E-state index is 0.0340. The topological polar surface area (TPSA) is 59.0 Å². The fourth-order valence-corrected chi connectivity index (χ4v) is 2.90. The number of carbonyl (C=O) groups is 1. The van der Waals surface area contributed by atoms with Crippen molar-refractivity contribution in [3.63, 3.8) is 0 Å². The number of aliphatic carboxylic acids is 1. The van der Waals surface area contributed by atoms with Crippen molar-refractivity contribution < 1.29 is 19.4 Å². The second-order valence-electron chi connectivity index (χ2n) is 5.48. The van der Waals surface area contributed by atoms with E-state index in [1.54, 1.807) is 0 Å². The van der Waals surface area contributed by atoms with Crippen LogP contribution in [0.1, 0.15) is 11.1 Å². The minimum Gasteiger partial charge on any atom is -0.488 e. The van der Waals surface area contributed by atoms with E-state index in [4.69, 9.17) is 9.47 Å². The van der Waals surface area contributed by atoms with Gasteiger partial charge in [0, 0.05) is 19.5 Å². The van der Waals surface area contributed by atoms with Crippen LogP contribution in [0.5, 0.6) is 5.75 Å². The van der Waals surface area contributed by atoms with Gasteiger partial charge in [-0.3, -0.25) is 9.69 Å². The summed E-state index contributed by atoms with van der Waals surface area (Å²) in [6.07, 6.45) is 0.882. The van der Waals surface area contributed by atoms with Crippen LogP contribution >= 0.6 is 0 Å². The first kappa shape index (κ1) is 13.4. The van der Waals surface area contributed by atoms with Crippen LogP contribution in [-0.4, -0.2) is 54.4 Å². The Balaban J connectivity index is 1.66. The number of benzene rings is 1. The first-order chi connectivity index (χ1) is 9.63. The summed E-state index contributed by atoms with van der Waals surface area (Å²) in [4.78, 5) is 13.2. The van der Waals surface area contributed by atoms with Crippen LogP contribution in [0.25, 0.3) is 0 Å². The van der Waals surface area contributed by atoms with Gasteiger partial charge in [0.05, 0.1) is 13.2 Å². The molecular weight excluding hydrogens is 258 g/mol. The first-order valence-corrected chi connectivity index (χ1v) is 6.94. The number of ether oxygens (including phenoxy) is 2. The average Bonchev–Trinajstić information content (AvgIpc) is 2.80. The normalized spacial score (nSPS) is 26.1. The van der Waals surface area contributed by atoms with Crippen molar-refractivity contribution in [3.8, 4) is 5.75 Å². The molecule has 0 bridgehead atoms. The van der Waals surface area contributed by atoms with Crippen molar-refractivity contribution in [2.45, 2.75) is 25.5 Å². The Bertz CT molecular complexity index is 517. The monoisotopic (exact) mass is 277 g/mol. The molecule has 2 aliphatic heterocycles. The SMILES string of the molecule is Cc1ccc2c(c1)CC(CN1CCOCC1C(=O)O)O2. The summed E-state index contributed by atoms with van der Waals surface area (Å²) in [5.74, 6) is 0.108. The van der Waals surface area contributed by atoms with Crippen LogP contribution in [0.15, 0.2) is 18.2 Å². The molecule has 0 aromatic heterocycles. The predicted octanol–water partition coefficient (Wildman–Crippen LogP) is 1.08. The van der Waals surface area contributed by atoms with Gasteiger partial charge in [0.15, 0.2) is 0 Å². The van der Waals surface area contributed by atoms with Gasteiger partial charge < -0.3 is 14.6 Å². The maximum absolute atomic E-state index is 11.2. The van der Waals surface area contributed by atoms with Gasteiger partial charge in [0.25, 0.3) is 0 Å². The summed E-state index contributed by atoms with van der Waals surface area (Å²) in [5.41, 5.74) is 2.44. The smallest absolute Gasteiger partial charge is 0.323 e. The quantitative estimate of drug-likeness (QED) is 0.896. The highest BCUT2D eigenvalue weighted by Crippen LogP contribution is 2.30. The number of hydrogen-bond donors (Lipinski definition) is 1. The van der Waals surface area contributed by atoms with Crippen molar-refractivity contribution in [3.05, 3.63) is 29.3 Å². The molecule has 2 atom stereocenters. The molecule has 3 rings (SSSR count). The second kappa shape index (κ2) is 5.42. The number of aryl methyl sites for hydroxylation is 1. The average molecular weight is 277 g/mol. The molecule has 1 aromatic rings. The summed E-state index contributed by atoms with van der Waals surface area (Å²) < 4.78 is 11.2. The van der Waals surface area contributed by atoms with Gasteiger partial charge in [-0.05, 0) is 18.6 Å². The summed E-state index contributed by atoms with van der Waals surface area (Å²) in [7, 11) is 0. The molecule has 0 spiro atoms. The van der Waals surface area contributed by atoms with E-state index >= 15 is 0 Å². The molecule has 1 fully saturated rings. The van der Waals surface area contributed by atoms with Crippen molar-refractivity contribution in [2.75, 3.05) is 26.3 Å². The van der Waals surface area contributed by atoms with E-state index in [0.717, 1.165) is 12.2 Å². The van der Waals surface area contributed by atoms with Crippen molar-refractivity contribution in [1.29, 1.82) is 0 Å². The Hall–Kier alpha value is -1.59. The zero-order chi connectivity index (χ0) is 14.1. The maximum Gasteiger partial charge on any atom is 0.323 e. The molecular formula is C15H19NO4. The van der Waals surface area contributed by atoms with Crippen LogP contribution in [0.4, 0.5) is 0 Å². The molecule has 2 heterocycles. The Labute approximate surface area is 118 Å². The van der Waals surface area contributed by atoms with E-state index in [-0.39, 0.29) is 12.7 Å². The Morgan fingerprint density at radius 1 is 1.50 bits per heavy atom. The molecule has 2 aliphatic rings. The van der Waals surface area contributed by atoms with E-state index in [0.29, 0.717) is 19.7 Å². The first-order valence-electron chi connectivity index (χ1n) is 6.94. The predicted molar refractivity (Wildman–Crippen MR) is 73.1 cm³/mol. The molecule has 0 aliphatic carbocycles. The lowest BCUT2D eigenvalue weighted by Gasteiger charge is -2.34. The fourth-order valence-electron chi connectivity index (χ4n) is 2.90. The van der Waals surface area contributed by atoms with Crippen LogP contribution in [0.2, 0.25) is 0 Å². The second-order valence-corrected chi connectivity index (χ2v) is 5.48. The number of carboxylic acids is 1. The third-order valence-corrected chi connectivity index (χ3v) is 3.92. The van der Waals surface area contributed by atoms with Crippen LogP contribution in [0, 0.1) is 6.92 Å². The van der Waals surface area contributed by atoms with Gasteiger partial charge in [-0.2, -0.15) is 0 Å². The van der Waals surface area contributed by atoms with Gasteiger partial charge in [0.1, 0.15) is 17.9 Å². The third kappa shape index (κ3) is 2.64. The molecule has 1 aromatic carbocycles. The summed E-state index contributed by atoms with van der Waals surface area (Å²) in [6, 6.07) is 5.62. The van der Waals surface area contributed by atoms with E-state index in [1.807, 2.05) is 17.0 Å². The Kier molecular flexibility index (Phi) is 3.63. The lowest BCUT2D eigenvalue weighted by atomic mass is 10.1. The van der Waals surface area contributed by atoms with Crippen molar-refractivity contribution in [1.82, 2.24) is 4.90 Å². The zero-order valence-electron chi connectivity index (χ0n) is 11.5. The van der Waals surface area contributed by atoms with Gasteiger partial charge in [-0.1, -0.05) is 17.7 Å². The molecule has 0 radical (unpaired) electrons. The van der Waals surface area contributed by atoms with Crippen LogP contribution in [-0.2, 0) is 16.0 Å². The fraction of sp³-hybridized carbons (Fsp3) is 0.533. The maximum atomic E-state index is 11.2. The lowest BCUT2D eigenvalue weighted by molar-refractivity contribution is -0.150. The zero-order valence-corrected chi connectivity index (χ0v) is 11.5. The molecule has 20 heavy (non-hydrogen) atoms. The number of hydrogen-bond acceptors (Lipinski definition) is 4. The largest absolute Gasteiger partial charge is 0.488 e. The standard InChI is InChI=1S/C15H19NO4/c1-10-2-3-14-11(6-10)7-12(20-14)8-16-4-5-19-9-13(16)15(17)18/h2-3,6,12-13H,4-5,7-9H2,1H3,(H,17,18). The molecule has 1 N–H and O–H groups in total. The molecule has 5 heteroatoms. The summed E-state index contributed by atoms with van der Waals surface area (Å²) in [5, 5.41) is 9.23. The number of morpholine rings is 1. The summed E-state index contributed by atoms with van der Waals surface area (Å²) >= 11 is 0. The van der Waals surface area contributed by atoms with E-state index < -0.39 is 12.0 Å². The van der Waals surface area contributed by atoms with E-state index in [2.05, 4.69) is 13.0 Å². The number of rotatable bonds is 3. The van der Waals surface area contributed by atoms with Crippen molar-refractivity contribution >= 4 is 5.97 Å². The number of carboxylic acid groups (broad SMARTS) is 1. The highest BCUT2D eigenvalue weighted by Gasteiger charge is 2.33. The summed E-state index contributed by atoms with van der Waals surface area (Å²) in [6.45, 7) is 4.19. The molecule has 1 saturated heterocycles. The third-order valence-electron chi connectivity index (χ3n) is 3.92. The van der Waals surface area contributed by atoms with Crippen molar-refractivity contribution in [2.24, 2.45) is 0 Å². The minimum atomic E-state index is -0.823. The molecule has 0 saturated carbocycles. The molecule has 108 valence electrons. The Morgan fingerprint density at radius 3 is 3.15 bits per heavy atom. The highest BCUT2D eigenvalue weighted by atomic mass is 16.5. The van der Waals surface area contributed by atoms with Gasteiger partial charge in [-0.25, -0.2) is 0 Å². The lowest BCUT2D eigenvalue weighted by Crippen LogP contribution is -2.52. The highest BCUT2D eigenvalue weighted by molar-refractivity contribution is 5.73. The van der Waals surface area contributed by atoms with E-state index in [9.17, 15) is 9.90 Å².